The van der Waals surface area contributed by atoms with Gasteiger partial charge >= 0.3 is 11.9 Å². The molecule has 5 nitrogen and oxygen atoms in total. The van der Waals surface area contributed by atoms with E-state index in [1.807, 2.05) is 13.8 Å². The number of ether oxygens (including phenoxy) is 2. The lowest BCUT2D eigenvalue weighted by Gasteiger charge is -2.10. The fourth-order valence-corrected chi connectivity index (χ4v) is 1.30. The first-order chi connectivity index (χ1) is 8.85. The van der Waals surface area contributed by atoms with Crippen molar-refractivity contribution < 1.29 is 23.9 Å². The van der Waals surface area contributed by atoms with E-state index in [-0.39, 0.29) is 55.6 Å². The lowest BCUT2D eigenvalue weighted by Crippen LogP contribution is -2.16. The van der Waals surface area contributed by atoms with Crippen LogP contribution in [-0.2, 0) is 23.9 Å². The minimum absolute atomic E-state index is 0.0669. The van der Waals surface area contributed by atoms with E-state index in [0.29, 0.717) is 0 Å². The summed E-state index contributed by atoms with van der Waals surface area (Å²) in [6.07, 6.45) is 0.823. The first-order valence-electron chi connectivity index (χ1n) is 6.75. The number of carbonyl (C=O) groups is 3. The zero-order valence-electron chi connectivity index (χ0n) is 12.2. The molecule has 19 heavy (non-hydrogen) atoms. The summed E-state index contributed by atoms with van der Waals surface area (Å²) in [4.78, 5) is 34.0. The Kier molecular flexibility index (Phi) is 8.83. The summed E-state index contributed by atoms with van der Waals surface area (Å²) in [6, 6.07) is 0. The monoisotopic (exact) mass is 272 g/mol. The van der Waals surface area contributed by atoms with Gasteiger partial charge in [-0.15, -0.1) is 0 Å². The summed E-state index contributed by atoms with van der Waals surface area (Å²) in [5, 5.41) is 0. The molecule has 0 aliphatic heterocycles. The summed E-state index contributed by atoms with van der Waals surface area (Å²) >= 11 is 0. The molecular formula is C14H24O5. The van der Waals surface area contributed by atoms with Crippen LogP contribution in [0.15, 0.2) is 0 Å². The number of carbonyl (C=O) groups excluding carboxylic acids is 3. The Balaban J connectivity index is 3.75. The van der Waals surface area contributed by atoms with Crippen LogP contribution in [0.2, 0.25) is 0 Å². The minimum atomic E-state index is -0.384. The highest BCUT2D eigenvalue weighted by molar-refractivity contribution is 5.85. The predicted octanol–water partition coefficient (Wildman–Crippen LogP) is 2.41. The second-order valence-electron chi connectivity index (χ2n) is 4.79. The van der Waals surface area contributed by atoms with E-state index >= 15 is 0 Å². The van der Waals surface area contributed by atoms with Crippen molar-refractivity contribution in [2.75, 3.05) is 0 Å². The third-order valence-electron chi connectivity index (χ3n) is 2.49. The lowest BCUT2D eigenvalue weighted by atomic mass is 10.1. The lowest BCUT2D eigenvalue weighted by molar-refractivity contribution is -0.149. The van der Waals surface area contributed by atoms with Crippen LogP contribution in [0.1, 0.15) is 59.8 Å². The van der Waals surface area contributed by atoms with Crippen molar-refractivity contribution in [2.45, 2.75) is 72.0 Å². The van der Waals surface area contributed by atoms with Crippen LogP contribution in [0.3, 0.4) is 0 Å². The molecule has 0 fully saturated rings. The molecule has 1 atom stereocenters. The normalized spacial score (nSPS) is 12.1. The second-order valence-corrected chi connectivity index (χ2v) is 4.79. The summed E-state index contributed by atoms with van der Waals surface area (Å²) in [7, 11) is 0. The molecule has 0 rings (SSSR count). The van der Waals surface area contributed by atoms with Crippen molar-refractivity contribution in [3.63, 3.8) is 0 Å². The van der Waals surface area contributed by atoms with Gasteiger partial charge in [0.05, 0.1) is 25.0 Å². The van der Waals surface area contributed by atoms with Gasteiger partial charge in [0.15, 0.2) is 0 Å². The van der Waals surface area contributed by atoms with Crippen LogP contribution in [-0.4, -0.2) is 29.9 Å². The molecule has 0 N–H and O–H groups in total. The van der Waals surface area contributed by atoms with E-state index in [0.717, 1.165) is 6.42 Å². The van der Waals surface area contributed by atoms with E-state index in [2.05, 4.69) is 0 Å². The number of Topliss-reactive ketones (excluding diaryl/α,β-unsaturated/α-hetero) is 1. The van der Waals surface area contributed by atoms with Crippen LogP contribution in [0.5, 0.6) is 0 Å². The predicted molar refractivity (Wildman–Crippen MR) is 70.5 cm³/mol. The number of ketones is 1. The molecule has 0 radical (unpaired) electrons. The molecule has 0 bridgehead atoms. The summed E-state index contributed by atoms with van der Waals surface area (Å²) in [5.41, 5.74) is 0. The number of esters is 2. The van der Waals surface area contributed by atoms with E-state index in [4.69, 9.17) is 9.47 Å². The number of hydrogen-bond acceptors (Lipinski definition) is 5. The van der Waals surface area contributed by atoms with Crippen LogP contribution < -0.4 is 0 Å². The van der Waals surface area contributed by atoms with Crippen molar-refractivity contribution in [2.24, 2.45) is 0 Å². The Hall–Kier alpha value is -1.39. The van der Waals surface area contributed by atoms with Gasteiger partial charge in [-0.3, -0.25) is 14.4 Å². The molecular weight excluding hydrogens is 248 g/mol. The summed E-state index contributed by atoms with van der Waals surface area (Å²) in [5.74, 6) is -0.875. The molecule has 0 heterocycles. The highest BCUT2D eigenvalue weighted by Gasteiger charge is 2.13. The van der Waals surface area contributed by atoms with Gasteiger partial charge in [0.1, 0.15) is 5.78 Å². The van der Waals surface area contributed by atoms with Gasteiger partial charge < -0.3 is 9.47 Å². The molecule has 0 saturated heterocycles. The molecule has 0 aromatic heterocycles. The molecule has 0 spiro atoms. The Morgan fingerprint density at radius 3 is 1.74 bits per heavy atom. The molecule has 0 aromatic rings. The van der Waals surface area contributed by atoms with Gasteiger partial charge in [0.2, 0.25) is 0 Å². The van der Waals surface area contributed by atoms with Crippen molar-refractivity contribution in [3.8, 4) is 0 Å². The zero-order chi connectivity index (χ0) is 14.8. The van der Waals surface area contributed by atoms with Crippen molar-refractivity contribution in [1.82, 2.24) is 0 Å². The number of rotatable bonds is 9. The molecule has 0 saturated carbocycles. The molecule has 0 aromatic carbocycles. The Labute approximate surface area is 114 Å². The molecule has 0 aliphatic carbocycles. The van der Waals surface area contributed by atoms with Gasteiger partial charge in [-0.25, -0.2) is 0 Å². The minimum Gasteiger partial charge on any atom is -0.463 e. The average Bonchev–Trinajstić information content (AvgIpc) is 2.32. The standard InChI is InChI=1S/C14H24O5/c1-5-11(4)19-14(17)9-7-12(15)6-8-13(16)18-10(2)3/h10-11H,5-9H2,1-4H3. The molecule has 0 aliphatic rings. The van der Waals surface area contributed by atoms with Gasteiger partial charge in [-0.1, -0.05) is 6.92 Å². The summed E-state index contributed by atoms with van der Waals surface area (Å²) in [6.45, 7) is 7.24. The van der Waals surface area contributed by atoms with Gasteiger partial charge in [-0.05, 0) is 27.2 Å². The quantitative estimate of drug-likeness (QED) is 0.603. The number of hydrogen-bond donors (Lipinski definition) is 0. The fourth-order valence-electron chi connectivity index (χ4n) is 1.30. The Morgan fingerprint density at radius 2 is 1.32 bits per heavy atom. The highest BCUT2D eigenvalue weighted by Crippen LogP contribution is 2.05. The summed E-state index contributed by atoms with van der Waals surface area (Å²) < 4.78 is 9.96. The van der Waals surface area contributed by atoms with Crippen LogP contribution in [0.4, 0.5) is 0 Å². The first-order valence-corrected chi connectivity index (χ1v) is 6.75. The average molecular weight is 272 g/mol. The third-order valence-corrected chi connectivity index (χ3v) is 2.49. The first kappa shape index (κ1) is 17.6. The van der Waals surface area contributed by atoms with Crippen molar-refractivity contribution >= 4 is 17.7 Å². The van der Waals surface area contributed by atoms with E-state index in [1.165, 1.54) is 0 Å². The maximum Gasteiger partial charge on any atom is 0.306 e. The third kappa shape index (κ3) is 10.2. The maximum absolute atomic E-state index is 11.5. The van der Waals surface area contributed by atoms with Crippen LogP contribution in [0.25, 0.3) is 0 Å². The fraction of sp³-hybridized carbons (Fsp3) is 0.786. The second kappa shape index (κ2) is 9.53. The van der Waals surface area contributed by atoms with Crippen LogP contribution in [0, 0.1) is 0 Å². The van der Waals surface area contributed by atoms with Crippen molar-refractivity contribution in [1.29, 1.82) is 0 Å². The van der Waals surface area contributed by atoms with Crippen molar-refractivity contribution in [3.05, 3.63) is 0 Å². The van der Waals surface area contributed by atoms with E-state index in [9.17, 15) is 14.4 Å². The van der Waals surface area contributed by atoms with Gasteiger partial charge in [-0.2, -0.15) is 0 Å². The maximum atomic E-state index is 11.5. The molecule has 1 unspecified atom stereocenters. The van der Waals surface area contributed by atoms with Gasteiger partial charge in [0.25, 0.3) is 0 Å². The largest absolute Gasteiger partial charge is 0.463 e. The molecule has 0 amide bonds. The SMILES string of the molecule is CCC(C)OC(=O)CCC(=O)CCC(=O)OC(C)C. The Morgan fingerprint density at radius 1 is 0.842 bits per heavy atom. The Bertz CT molecular complexity index is 309. The molecule has 5 heteroatoms. The van der Waals surface area contributed by atoms with Crippen LogP contribution >= 0.6 is 0 Å². The van der Waals surface area contributed by atoms with E-state index in [1.54, 1.807) is 13.8 Å². The zero-order valence-corrected chi connectivity index (χ0v) is 12.2. The smallest absolute Gasteiger partial charge is 0.306 e. The molecule has 110 valence electrons. The topological polar surface area (TPSA) is 69.7 Å². The van der Waals surface area contributed by atoms with Gasteiger partial charge in [0, 0.05) is 12.8 Å². The van der Waals surface area contributed by atoms with E-state index < -0.39 is 0 Å². The highest BCUT2D eigenvalue weighted by atomic mass is 16.5.